The zero-order valence-corrected chi connectivity index (χ0v) is 11.2. The Morgan fingerprint density at radius 3 is 3.00 bits per heavy atom. The third-order valence-corrected chi connectivity index (χ3v) is 3.04. The van der Waals surface area contributed by atoms with Crippen LogP contribution in [0.15, 0.2) is 11.7 Å². The SMILES string of the molecule is CCOC(=O)c1ncsc1Nc1cn(C)nc1C. The lowest BCUT2D eigenvalue weighted by Crippen LogP contribution is -2.07. The zero-order chi connectivity index (χ0) is 13.1. The summed E-state index contributed by atoms with van der Waals surface area (Å²) in [6.45, 7) is 4.00. The van der Waals surface area contributed by atoms with Crippen LogP contribution in [0.1, 0.15) is 23.1 Å². The number of ether oxygens (including phenoxy) is 1. The van der Waals surface area contributed by atoms with Gasteiger partial charge in [0.2, 0.25) is 0 Å². The number of carbonyl (C=O) groups is 1. The predicted molar refractivity (Wildman–Crippen MR) is 69.3 cm³/mol. The van der Waals surface area contributed by atoms with E-state index in [1.807, 2.05) is 20.2 Å². The van der Waals surface area contributed by atoms with Gasteiger partial charge in [-0.25, -0.2) is 9.78 Å². The van der Waals surface area contributed by atoms with Gasteiger partial charge in [-0.3, -0.25) is 4.68 Å². The molecule has 0 aliphatic carbocycles. The lowest BCUT2D eigenvalue weighted by atomic mass is 10.4. The molecular weight excluding hydrogens is 252 g/mol. The standard InChI is InChI=1S/C11H14N4O2S/c1-4-17-11(16)9-10(18-6-12-9)13-8-5-15(3)14-7(8)2/h5-6,13H,4H2,1-3H3. The van der Waals surface area contributed by atoms with Crippen molar-refractivity contribution in [2.45, 2.75) is 13.8 Å². The Hall–Kier alpha value is -1.89. The molecule has 0 aliphatic heterocycles. The Bertz CT molecular complexity index is 561. The highest BCUT2D eigenvalue weighted by Crippen LogP contribution is 2.26. The van der Waals surface area contributed by atoms with E-state index in [1.165, 1.54) is 11.3 Å². The maximum Gasteiger partial charge on any atom is 0.360 e. The molecule has 18 heavy (non-hydrogen) atoms. The second-order valence-corrected chi connectivity index (χ2v) is 4.53. The summed E-state index contributed by atoms with van der Waals surface area (Å²) in [4.78, 5) is 15.7. The second-order valence-electron chi connectivity index (χ2n) is 3.68. The summed E-state index contributed by atoms with van der Waals surface area (Å²) in [7, 11) is 1.84. The third-order valence-electron chi connectivity index (χ3n) is 2.30. The van der Waals surface area contributed by atoms with Crippen molar-refractivity contribution in [2.75, 3.05) is 11.9 Å². The number of thiazole rings is 1. The van der Waals surface area contributed by atoms with Crippen molar-refractivity contribution in [3.63, 3.8) is 0 Å². The maximum absolute atomic E-state index is 11.7. The summed E-state index contributed by atoms with van der Waals surface area (Å²) in [5.41, 5.74) is 3.64. The molecule has 6 nitrogen and oxygen atoms in total. The molecule has 2 aromatic rings. The molecule has 0 atom stereocenters. The molecule has 96 valence electrons. The number of aryl methyl sites for hydroxylation is 2. The van der Waals surface area contributed by atoms with E-state index in [-0.39, 0.29) is 0 Å². The molecule has 0 amide bonds. The molecule has 0 fully saturated rings. The highest BCUT2D eigenvalue weighted by Gasteiger charge is 2.17. The molecule has 0 spiro atoms. The molecule has 7 heteroatoms. The first-order chi connectivity index (χ1) is 8.61. The number of esters is 1. The molecule has 1 N–H and O–H groups in total. The highest BCUT2D eigenvalue weighted by molar-refractivity contribution is 7.14. The fourth-order valence-electron chi connectivity index (χ4n) is 1.52. The van der Waals surface area contributed by atoms with Gasteiger partial charge in [0.1, 0.15) is 5.00 Å². The molecule has 0 unspecified atom stereocenters. The monoisotopic (exact) mass is 266 g/mol. The summed E-state index contributed by atoms with van der Waals surface area (Å²) >= 11 is 1.36. The van der Waals surface area contributed by atoms with E-state index in [2.05, 4.69) is 15.4 Å². The lowest BCUT2D eigenvalue weighted by molar-refractivity contribution is 0.0521. The first-order valence-corrected chi connectivity index (χ1v) is 6.37. The van der Waals surface area contributed by atoms with E-state index in [0.717, 1.165) is 11.4 Å². The van der Waals surface area contributed by atoms with Crippen LogP contribution in [0.2, 0.25) is 0 Å². The maximum atomic E-state index is 11.7. The fourth-order valence-corrected chi connectivity index (χ4v) is 2.20. The minimum absolute atomic E-state index is 0.310. The normalized spacial score (nSPS) is 10.4. The fraction of sp³-hybridized carbons (Fsp3) is 0.364. The van der Waals surface area contributed by atoms with Crippen molar-refractivity contribution >= 4 is 28.0 Å². The van der Waals surface area contributed by atoms with Crippen molar-refractivity contribution < 1.29 is 9.53 Å². The summed E-state index contributed by atoms with van der Waals surface area (Å²) in [6.07, 6.45) is 1.85. The average Bonchev–Trinajstić information content (AvgIpc) is 2.87. The van der Waals surface area contributed by atoms with Crippen molar-refractivity contribution in [3.05, 3.63) is 23.1 Å². The van der Waals surface area contributed by atoms with Crippen LogP contribution in [-0.2, 0) is 11.8 Å². The van der Waals surface area contributed by atoms with Crippen LogP contribution in [0, 0.1) is 6.92 Å². The molecule has 0 saturated carbocycles. The minimum atomic E-state index is -0.414. The molecule has 0 aliphatic rings. The number of aromatic nitrogens is 3. The van der Waals surface area contributed by atoms with Gasteiger partial charge in [0.05, 0.1) is 23.5 Å². The third kappa shape index (κ3) is 2.51. The minimum Gasteiger partial charge on any atom is -0.461 e. The first kappa shape index (κ1) is 12.6. The largest absolute Gasteiger partial charge is 0.461 e. The van der Waals surface area contributed by atoms with Crippen LogP contribution in [-0.4, -0.2) is 27.3 Å². The lowest BCUT2D eigenvalue weighted by Gasteiger charge is -2.04. The molecule has 0 aromatic carbocycles. The molecule has 0 radical (unpaired) electrons. The summed E-state index contributed by atoms with van der Waals surface area (Å²) in [6, 6.07) is 0. The Morgan fingerprint density at radius 2 is 2.39 bits per heavy atom. The number of hydrogen-bond donors (Lipinski definition) is 1. The number of rotatable bonds is 4. The molecule has 2 rings (SSSR count). The van der Waals surface area contributed by atoms with Gasteiger partial charge < -0.3 is 10.1 Å². The zero-order valence-electron chi connectivity index (χ0n) is 10.4. The van der Waals surface area contributed by atoms with Gasteiger partial charge in [-0.1, -0.05) is 0 Å². The van der Waals surface area contributed by atoms with Crippen molar-refractivity contribution in [1.82, 2.24) is 14.8 Å². The molecule has 0 bridgehead atoms. The van der Waals surface area contributed by atoms with Gasteiger partial charge in [0, 0.05) is 13.2 Å². The summed E-state index contributed by atoms with van der Waals surface area (Å²) in [5, 5.41) is 8.05. The van der Waals surface area contributed by atoms with E-state index < -0.39 is 5.97 Å². The second kappa shape index (κ2) is 5.18. The number of hydrogen-bond acceptors (Lipinski definition) is 6. The number of nitrogens with one attached hydrogen (secondary N) is 1. The van der Waals surface area contributed by atoms with Crippen molar-refractivity contribution in [1.29, 1.82) is 0 Å². The van der Waals surface area contributed by atoms with Crippen molar-refractivity contribution in [3.8, 4) is 0 Å². The number of anilines is 2. The van der Waals surface area contributed by atoms with E-state index in [4.69, 9.17) is 4.74 Å². The Morgan fingerprint density at radius 1 is 1.61 bits per heavy atom. The van der Waals surface area contributed by atoms with Crippen LogP contribution >= 0.6 is 11.3 Å². The van der Waals surface area contributed by atoms with E-state index in [1.54, 1.807) is 17.1 Å². The van der Waals surface area contributed by atoms with Gasteiger partial charge in [0.25, 0.3) is 0 Å². The Labute approximate surface area is 109 Å². The van der Waals surface area contributed by atoms with Gasteiger partial charge in [0.15, 0.2) is 5.69 Å². The highest BCUT2D eigenvalue weighted by atomic mass is 32.1. The van der Waals surface area contributed by atoms with Crippen LogP contribution in [0.25, 0.3) is 0 Å². The van der Waals surface area contributed by atoms with E-state index >= 15 is 0 Å². The van der Waals surface area contributed by atoms with Crippen molar-refractivity contribution in [2.24, 2.45) is 7.05 Å². The van der Waals surface area contributed by atoms with Crippen LogP contribution < -0.4 is 5.32 Å². The number of nitrogens with zero attached hydrogens (tertiary/aromatic N) is 3. The predicted octanol–water partition coefficient (Wildman–Crippen LogP) is 2.11. The molecule has 2 aromatic heterocycles. The first-order valence-electron chi connectivity index (χ1n) is 5.49. The average molecular weight is 266 g/mol. The summed E-state index contributed by atoms with van der Waals surface area (Å²) < 4.78 is 6.66. The number of carbonyl (C=O) groups excluding carboxylic acids is 1. The smallest absolute Gasteiger partial charge is 0.360 e. The van der Waals surface area contributed by atoms with Gasteiger partial charge >= 0.3 is 5.97 Å². The van der Waals surface area contributed by atoms with Gasteiger partial charge in [-0.05, 0) is 13.8 Å². The van der Waals surface area contributed by atoms with Gasteiger partial charge in [-0.2, -0.15) is 5.10 Å². The van der Waals surface area contributed by atoms with Crippen LogP contribution in [0.3, 0.4) is 0 Å². The quantitative estimate of drug-likeness (QED) is 0.858. The Kier molecular flexibility index (Phi) is 3.61. The Balaban J connectivity index is 2.22. The summed E-state index contributed by atoms with van der Waals surface area (Å²) in [5.74, 6) is -0.414. The molecular formula is C11H14N4O2S. The van der Waals surface area contributed by atoms with Gasteiger partial charge in [-0.15, -0.1) is 11.3 Å². The van der Waals surface area contributed by atoms with Crippen LogP contribution in [0.4, 0.5) is 10.7 Å². The molecule has 2 heterocycles. The topological polar surface area (TPSA) is 69.0 Å². The van der Waals surface area contributed by atoms with E-state index in [9.17, 15) is 4.79 Å². The van der Waals surface area contributed by atoms with E-state index in [0.29, 0.717) is 17.3 Å². The molecule has 0 saturated heterocycles. The van der Waals surface area contributed by atoms with Crippen LogP contribution in [0.5, 0.6) is 0 Å².